The topological polar surface area (TPSA) is 30.7 Å². The van der Waals surface area contributed by atoms with Crippen molar-refractivity contribution in [2.75, 3.05) is 0 Å². The molecule has 0 spiro atoms. The predicted molar refractivity (Wildman–Crippen MR) is 131 cm³/mol. The van der Waals surface area contributed by atoms with Gasteiger partial charge in [0.2, 0.25) is 0 Å². The molecule has 3 nitrogen and oxygen atoms in total. The van der Waals surface area contributed by atoms with E-state index in [0.29, 0.717) is 0 Å². The van der Waals surface area contributed by atoms with Crippen molar-refractivity contribution in [2.45, 2.75) is 27.2 Å². The smallest absolute Gasteiger partial charge is 0.136 e. The highest BCUT2D eigenvalue weighted by Gasteiger charge is 2.17. The van der Waals surface area contributed by atoms with E-state index in [1.54, 1.807) is 11.3 Å². The lowest BCUT2D eigenvalue weighted by atomic mass is 9.93. The average Bonchev–Trinajstić information content (AvgIpc) is 3.28. The van der Waals surface area contributed by atoms with Crippen molar-refractivity contribution in [3.63, 3.8) is 0 Å². The van der Waals surface area contributed by atoms with E-state index >= 15 is 0 Å². The number of nitrogens with zero attached hydrogens (tertiary/aromatic N) is 3. The summed E-state index contributed by atoms with van der Waals surface area (Å²) in [5, 5.41) is 6.63. The highest BCUT2D eigenvalue weighted by molar-refractivity contribution is 9.10. The van der Waals surface area contributed by atoms with Crippen molar-refractivity contribution in [1.82, 2.24) is 14.8 Å². The summed E-state index contributed by atoms with van der Waals surface area (Å²) in [6.45, 7) is 6.57. The van der Waals surface area contributed by atoms with Gasteiger partial charge in [-0.25, -0.2) is 4.98 Å². The molecule has 0 saturated carbocycles. The third kappa shape index (κ3) is 3.08. The third-order valence-electron chi connectivity index (χ3n) is 5.76. The second-order valence-electron chi connectivity index (χ2n) is 7.78. The molecule has 3 aromatic carbocycles. The summed E-state index contributed by atoms with van der Waals surface area (Å²) in [6.07, 6.45) is 1.01. The Balaban J connectivity index is 1.75. The van der Waals surface area contributed by atoms with Crippen LogP contribution in [0.2, 0.25) is 0 Å². The van der Waals surface area contributed by atoms with E-state index in [9.17, 15) is 0 Å². The minimum Gasteiger partial charge on any atom is -0.267 e. The van der Waals surface area contributed by atoms with Gasteiger partial charge in [-0.3, -0.25) is 4.68 Å². The summed E-state index contributed by atoms with van der Waals surface area (Å²) in [7, 11) is 1.97. The maximum absolute atomic E-state index is 5.04. The largest absolute Gasteiger partial charge is 0.267 e. The van der Waals surface area contributed by atoms with Crippen LogP contribution in [0.25, 0.3) is 42.8 Å². The number of hydrogen-bond acceptors (Lipinski definition) is 3. The van der Waals surface area contributed by atoms with Crippen molar-refractivity contribution >= 4 is 48.4 Å². The summed E-state index contributed by atoms with van der Waals surface area (Å²) in [5.74, 6) is 0. The van der Waals surface area contributed by atoms with E-state index < -0.39 is 0 Å². The Bertz CT molecular complexity index is 1410. The Hall–Kier alpha value is -2.50. The number of fused-ring (bicyclic) bond motifs is 2. The van der Waals surface area contributed by atoms with Crippen LogP contribution in [-0.4, -0.2) is 14.8 Å². The molecule has 0 N–H and O–H groups in total. The normalized spacial score (nSPS) is 11.6. The second-order valence-corrected chi connectivity index (χ2v) is 9.53. The van der Waals surface area contributed by atoms with Gasteiger partial charge in [-0.15, -0.1) is 11.3 Å². The molecule has 0 radical (unpaired) electrons. The Labute approximate surface area is 188 Å². The zero-order valence-electron chi connectivity index (χ0n) is 17.5. The first-order chi connectivity index (χ1) is 14.5. The number of aryl methyl sites for hydroxylation is 3. The minimum absolute atomic E-state index is 0.868. The number of benzene rings is 3. The van der Waals surface area contributed by atoms with Crippen LogP contribution in [0.3, 0.4) is 0 Å². The molecule has 30 heavy (non-hydrogen) atoms. The van der Waals surface area contributed by atoms with Gasteiger partial charge in [0.1, 0.15) is 9.61 Å². The van der Waals surface area contributed by atoms with Crippen LogP contribution >= 0.6 is 27.3 Å². The van der Waals surface area contributed by atoms with Gasteiger partial charge < -0.3 is 0 Å². The first-order valence-corrected chi connectivity index (χ1v) is 11.7. The van der Waals surface area contributed by atoms with Crippen molar-refractivity contribution in [1.29, 1.82) is 0 Å². The number of aromatic nitrogens is 3. The summed E-state index contributed by atoms with van der Waals surface area (Å²) < 4.78 is 4.03. The summed E-state index contributed by atoms with van der Waals surface area (Å²) >= 11 is 5.37. The van der Waals surface area contributed by atoms with Crippen LogP contribution in [0.4, 0.5) is 0 Å². The summed E-state index contributed by atoms with van der Waals surface area (Å²) in [6, 6.07) is 17.6. The van der Waals surface area contributed by atoms with Crippen molar-refractivity contribution < 1.29 is 0 Å². The lowest BCUT2D eigenvalue weighted by Crippen LogP contribution is -1.93. The van der Waals surface area contributed by atoms with Crippen molar-refractivity contribution in [3.8, 4) is 21.7 Å². The molecule has 2 heterocycles. The second kappa shape index (κ2) is 7.33. The van der Waals surface area contributed by atoms with Crippen LogP contribution in [0.15, 0.2) is 53.1 Å². The van der Waals surface area contributed by atoms with Gasteiger partial charge in [-0.1, -0.05) is 36.8 Å². The molecule has 0 aliphatic heterocycles. The molecule has 2 aromatic heterocycles. The molecule has 0 bridgehead atoms. The molecular weight excluding hydrogens is 454 g/mol. The summed E-state index contributed by atoms with van der Waals surface area (Å²) in [5.41, 5.74) is 9.91. The van der Waals surface area contributed by atoms with E-state index in [4.69, 9.17) is 4.98 Å². The van der Waals surface area contributed by atoms with Gasteiger partial charge in [0.25, 0.3) is 0 Å². The van der Waals surface area contributed by atoms with Crippen LogP contribution in [0.1, 0.15) is 23.6 Å². The fourth-order valence-electron chi connectivity index (χ4n) is 4.20. The fraction of sp³-hybridized carbons (Fsp3) is 0.200. The van der Waals surface area contributed by atoms with E-state index in [-0.39, 0.29) is 0 Å². The highest BCUT2D eigenvalue weighted by atomic mass is 79.9. The standard InChI is InChI=1S/C25H22BrN3S/c1-5-18-15(3)12-20-23(22(18)16-8-6-14(2)7-9-16)30-25(27-20)17-10-11-21-19(13-17)24(26)28-29(21)4/h6-13H,5H2,1-4H3. The van der Waals surface area contributed by atoms with Crippen LogP contribution in [-0.2, 0) is 13.5 Å². The number of thiazole rings is 1. The lowest BCUT2D eigenvalue weighted by Gasteiger charge is -2.13. The molecule has 0 unspecified atom stereocenters. The van der Waals surface area contributed by atoms with E-state index in [2.05, 4.69) is 90.3 Å². The van der Waals surface area contributed by atoms with E-state index in [1.165, 1.54) is 32.5 Å². The molecule has 0 atom stereocenters. The van der Waals surface area contributed by atoms with Crippen LogP contribution in [0, 0.1) is 13.8 Å². The first kappa shape index (κ1) is 19.5. The Kier molecular flexibility index (Phi) is 4.75. The van der Waals surface area contributed by atoms with Gasteiger partial charge in [0.05, 0.1) is 15.7 Å². The lowest BCUT2D eigenvalue weighted by molar-refractivity contribution is 0.788. The van der Waals surface area contributed by atoms with Crippen LogP contribution in [0.5, 0.6) is 0 Å². The van der Waals surface area contributed by atoms with Crippen molar-refractivity contribution in [2.24, 2.45) is 7.05 Å². The van der Waals surface area contributed by atoms with Crippen molar-refractivity contribution in [3.05, 3.63) is 69.8 Å². The first-order valence-electron chi connectivity index (χ1n) is 10.1. The molecule has 5 aromatic rings. The molecule has 0 amide bonds. The Morgan fingerprint density at radius 1 is 1.00 bits per heavy atom. The zero-order chi connectivity index (χ0) is 21.0. The van der Waals surface area contributed by atoms with Gasteiger partial charge in [-0.05, 0) is 77.2 Å². The molecule has 150 valence electrons. The molecule has 5 rings (SSSR count). The molecule has 5 heteroatoms. The maximum Gasteiger partial charge on any atom is 0.136 e. The zero-order valence-corrected chi connectivity index (χ0v) is 19.9. The fourth-order valence-corrected chi connectivity index (χ4v) is 5.89. The summed E-state index contributed by atoms with van der Waals surface area (Å²) in [4.78, 5) is 5.04. The third-order valence-corrected chi connectivity index (χ3v) is 7.48. The number of hydrogen-bond donors (Lipinski definition) is 0. The van der Waals surface area contributed by atoms with Gasteiger partial charge in [0.15, 0.2) is 0 Å². The predicted octanol–water partition coefficient (Wildman–Crippen LogP) is 7.46. The van der Waals surface area contributed by atoms with Gasteiger partial charge in [0, 0.05) is 23.6 Å². The maximum atomic E-state index is 5.04. The average molecular weight is 476 g/mol. The van der Waals surface area contributed by atoms with Gasteiger partial charge >= 0.3 is 0 Å². The quantitative estimate of drug-likeness (QED) is 0.271. The van der Waals surface area contributed by atoms with Crippen LogP contribution < -0.4 is 0 Å². The number of halogens is 1. The highest BCUT2D eigenvalue weighted by Crippen LogP contribution is 2.41. The molecule has 0 fully saturated rings. The molecule has 0 aliphatic rings. The number of rotatable bonds is 3. The monoisotopic (exact) mass is 475 g/mol. The molecule has 0 saturated heterocycles. The Morgan fingerprint density at radius 2 is 1.73 bits per heavy atom. The molecule has 0 aliphatic carbocycles. The Morgan fingerprint density at radius 3 is 2.47 bits per heavy atom. The molecular formula is C25H22BrN3S. The minimum atomic E-state index is 0.868. The van der Waals surface area contributed by atoms with Gasteiger partial charge in [-0.2, -0.15) is 5.10 Å². The van der Waals surface area contributed by atoms with E-state index in [0.717, 1.165) is 38.0 Å². The van der Waals surface area contributed by atoms with E-state index in [1.807, 2.05) is 11.7 Å². The SMILES string of the molecule is CCc1c(C)cc2nc(-c3ccc4c(c3)c(Br)nn4C)sc2c1-c1ccc(C)cc1.